The Hall–Kier alpha value is -5.66. The number of imidazole rings is 2. The number of aromatic nitrogens is 6. The summed E-state index contributed by atoms with van der Waals surface area (Å²) in [6.07, 6.45) is 4.18. The molecule has 60 heavy (non-hydrogen) atoms. The fraction of sp³-hybridized carbons (Fsp3) is 0.522. The molecular weight excluding hydrogens is 761 g/mol. The Labute approximate surface area is 352 Å². The number of hydrogen-bond donors (Lipinski definition) is 4. The molecule has 2 unspecified atom stereocenters. The summed E-state index contributed by atoms with van der Waals surface area (Å²) in [6, 6.07) is 10.6. The summed E-state index contributed by atoms with van der Waals surface area (Å²) in [6.45, 7) is 26.0. The molecule has 3 aromatic heterocycles. The van der Waals surface area contributed by atoms with Gasteiger partial charge < -0.3 is 30.1 Å². The Morgan fingerprint density at radius 1 is 0.600 bits per heavy atom. The number of amides is 2. The second-order valence-electron chi connectivity index (χ2n) is 19.4. The standard InChI is InChI=1S/C46H62N8O6/c1-25(2)21-45(13,59-27(5)55)41(57)53-37(43(7,8)9)39-49-31-17-15-29(19-33(31)51-39)35-23-48-36(24-47-35)30-16-18-32-34(20-30)52-40(50-32)38(44(10,11)12)54-42(58)46(14,22-26(3)4)60-28(6)56/h15-20,23-26,37-38H,21-22H2,1-14H3,(H,49,51)(H,50,52)(H,53,57)(H,54,58)/t37-,38-,45?,46?/m0/s1. The van der Waals surface area contributed by atoms with Gasteiger partial charge in [-0.1, -0.05) is 81.4 Å². The summed E-state index contributed by atoms with van der Waals surface area (Å²) in [5, 5.41) is 6.26. The summed E-state index contributed by atoms with van der Waals surface area (Å²) in [5.41, 5.74) is 2.38. The number of benzene rings is 2. The first-order valence-corrected chi connectivity index (χ1v) is 20.6. The summed E-state index contributed by atoms with van der Waals surface area (Å²) in [7, 11) is 0. The third-order valence-corrected chi connectivity index (χ3v) is 10.4. The molecule has 14 heteroatoms. The highest BCUT2D eigenvalue weighted by Crippen LogP contribution is 2.36. The van der Waals surface area contributed by atoms with Gasteiger partial charge in [-0.2, -0.15) is 0 Å². The van der Waals surface area contributed by atoms with Crippen molar-refractivity contribution >= 4 is 45.8 Å². The molecular formula is C46H62N8O6. The van der Waals surface area contributed by atoms with Crippen LogP contribution >= 0.6 is 0 Å². The van der Waals surface area contributed by atoms with Crippen molar-refractivity contribution in [2.45, 2.75) is 133 Å². The van der Waals surface area contributed by atoms with Crippen LogP contribution in [0.3, 0.4) is 0 Å². The lowest BCUT2D eigenvalue weighted by Gasteiger charge is -2.35. The van der Waals surface area contributed by atoms with E-state index in [9.17, 15) is 19.2 Å². The van der Waals surface area contributed by atoms with E-state index in [2.05, 4.69) is 20.6 Å². The Morgan fingerprint density at radius 2 is 0.950 bits per heavy atom. The largest absolute Gasteiger partial charge is 0.449 e. The van der Waals surface area contributed by atoms with Gasteiger partial charge in [0.25, 0.3) is 11.8 Å². The normalized spacial score (nSPS) is 15.3. The molecule has 0 spiro atoms. The average Bonchev–Trinajstić information content (AvgIpc) is 3.73. The molecule has 0 aliphatic carbocycles. The summed E-state index contributed by atoms with van der Waals surface area (Å²) in [5.74, 6) is -0.391. The van der Waals surface area contributed by atoms with Crippen LogP contribution < -0.4 is 10.6 Å². The Morgan fingerprint density at radius 3 is 1.23 bits per heavy atom. The van der Waals surface area contributed by atoms with Crippen molar-refractivity contribution < 1.29 is 28.7 Å². The van der Waals surface area contributed by atoms with Gasteiger partial charge in [0.15, 0.2) is 11.2 Å². The molecule has 14 nitrogen and oxygen atoms in total. The second-order valence-corrected chi connectivity index (χ2v) is 19.4. The molecule has 2 aromatic carbocycles. The Balaban J connectivity index is 1.38. The first-order chi connectivity index (χ1) is 27.8. The van der Waals surface area contributed by atoms with Crippen molar-refractivity contribution in [1.29, 1.82) is 0 Å². The molecule has 5 aromatic rings. The van der Waals surface area contributed by atoms with E-state index in [1.165, 1.54) is 13.8 Å². The lowest BCUT2D eigenvalue weighted by atomic mass is 9.85. The molecule has 3 heterocycles. The van der Waals surface area contributed by atoms with Gasteiger partial charge in [-0.3, -0.25) is 29.1 Å². The zero-order chi connectivity index (χ0) is 44.5. The number of esters is 2. The fourth-order valence-electron chi connectivity index (χ4n) is 7.78. The summed E-state index contributed by atoms with van der Waals surface area (Å²) in [4.78, 5) is 77.6. The van der Waals surface area contributed by atoms with Gasteiger partial charge in [0, 0.05) is 25.0 Å². The first kappa shape index (κ1) is 45.4. The number of carbonyl (C=O) groups is 4. The third-order valence-electron chi connectivity index (χ3n) is 10.4. The SMILES string of the molecule is CC(=O)OC(C)(CC(C)C)C(=O)N[C@@H](c1nc2cc(-c3cnc(-c4ccc5[nH]c([C@H](NC(=O)C(C)(CC(C)C)OC(C)=O)C(C)(C)C)nc5c4)cn3)ccc2[nH]1)C(C)(C)C. The van der Waals surface area contributed by atoms with E-state index in [0.29, 0.717) is 46.9 Å². The van der Waals surface area contributed by atoms with Crippen LogP contribution in [0.15, 0.2) is 48.8 Å². The number of hydrogen-bond acceptors (Lipinski definition) is 10. The van der Waals surface area contributed by atoms with E-state index in [0.717, 1.165) is 22.2 Å². The van der Waals surface area contributed by atoms with Crippen molar-refractivity contribution in [3.8, 4) is 22.5 Å². The molecule has 0 fully saturated rings. The second kappa shape index (κ2) is 17.1. The maximum absolute atomic E-state index is 13.7. The number of nitrogens with one attached hydrogen (secondary N) is 4. The van der Waals surface area contributed by atoms with Crippen LogP contribution in [-0.4, -0.2) is 64.9 Å². The molecule has 0 saturated carbocycles. The van der Waals surface area contributed by atoms with E-state index in [-0.39, 0.29) is 23.7 Å². The minimum Gasteiger partial charge on any atom is -0.449 e. The van der Waals surface area contributed by atoms with Crippen molar-refractivity contribution in [2.75, 3.05) is 0 Å². The van der Waals surface area contributed by atoms with Crippen molar-refractivity contribution in [2.24, 2.45) is 22.7 Å². The molecule has 4 N–H and O–H groups in total. The number of H-pyrrole nitrogens is 2. The van der Waals surface area contributed by atoms with E-state index < -0.39 is 46.1 Å². The van der Waals surface area contributed by atoms with Crippen LogP contribution in [0.5, 0.6) is 0 Å². The maximum atomic E-state index is 13.7. The molecule has 322 valence electrons. The molecule has 0 bridgehead atoms. The number of ether oxygens (including phenoxy) is 2. The Bertz CT molecular complexity index is 2200. The van der Waals surface area contributed by atoms with Crippen LogP contribution in [0.25, 0.3) is 44.6 Å². The molecule has 2 amide bonds. The van der Waals surface area contributed by atoms with Gasteiger partial charge >= 0.3 is 11.9 Å². The van der Waals surface area contributed by atoms with E-state index in [1.54, 1.807) is 26.2 Å². The highest BCUT2D eigenvalue weighted by Gasteiger charge is 2.43. The fourth-order valence-corrected chi connectivity index (χ4v) is 7.78. The topological polar surface area (TPSA) is 194 Å². The number of nitrogens with zero attached hydrogens (tertiary/aromatic N) is 4. The lowest BCUT2D eigenvalue weighted by molar-refractivity contribution is -0.167. The molecule has 5 rings (SSSR count). The molecule has 0 aliphatic rings. The average molecular weight is 823 g/mol. The smallest absolute Gasteiger partial charge is 0.303 e. The number of aromatic amines is 2. The number of fused-ring (bicyclic) bond motifs is 2. The predicted molar refractivity (Wildman–Crippen MR) is 232 cm³/mol. The predicted octanol–water partition coefficient (Wildman–Crippen LogP) is 8.71. The van der Waals surface area contributed by atoms with E-state index in [4.69, 9.17) is 29.4 Å². The number of carbonyl (C=O) groups excluding carboxylic acids is 4. The van der Waals surface area contributed by atoms with Gasteiger partial charge in [0.05, 0.1) is 57.9 Å². The van der Waals surface area contributed by atoms with E-state index in [1.807, 2.05) is 106 Å². The van der Waals surface area contributed by atoms with Crippen molar-refractivity contribution in [3.05, 3.63) is 60.4 Å². The minimum atomic E-state index is -1.33. The van der Waals surface area contributed by atoms with Crippen LogP contribution in [0.1, 0.15) is 134 Å². The highest BCUT2D eigenvalue weighted by atomic mass is 16.6. The van der Waals surface area contributed by atoms with Gasteiger partial charge in [-0.15, -0.1) is 0 Å². The van der Waals surface area contributed by atoms with Crippen molar-refractivity contribution in [1.82, 2.24) is 40.5 Å². The highest BCUT2D eigenvalue weighted by molar-refractivity contribution is 5.89. The van der Waals surface area contributed by atoms with Gasteiger partial charge in [-0.05, 0) is 73.6 Å². The summed E-state index contributed by atoms with van der Waals surface area (Å²) < 4.78 is 11.1. The molecule has 0 aliphatic heterocycles. The van der Waals surface area contributed by atoms with Crippen LogP contribution in [-0.2, 0) is 28.7 Å². The lowest BCUT2D eigenvalue weighted by Crippen LogP contribution is -2.51. The first-order valence-electron chi connectivity index (χ1n) is 20.6. The zero-order valence-electron chi connectivity index (χ0n) is 37.6. The summed E-state index contributed by atoms with van der Waals surface area (Å²) >= 11 is 0. The Kier molecular flexibility index (Phi) is 13.0. The van der Waals surface area contributed by atoms with E-state index >= 15 is 0 Å². The van der Waals surface area contributed by atoms with Gasteiger partial charge in [-0.25, -0.2) is 9.97 Å². The van der Waals surface area contributed by atoms with Crippen LogP contribution in [0, 0.1) is 22.7 Å². The quantitative estimate of drug-likeness (QED) is 0.0787. The molecule has 0 saturated heterocycles. The molecule has 4 atom stereocenters. The minimum absolute atomic E-state index is 0.117. The molecule has 0 radical (unpaired) electrons. The van der Waals surface area contributed by atoms with Crippen LogP contribution in [0.2, 0.25) is 0 Å². The van der Waals surface area contributed by atoms with Gasteiger partial charge in [0.2, 0.25) is 0 Å². The zero-order valence-corrected chi connectivity index (χ0v) is 37.6. The van der Waals surface area contributed by atoms with Crippen molar-refractivity contribution in [3.63, 3.8) is 0 Å². The van der Waals surface area contributed by atoms with Gasteiger partial charge in [0.1, 0.15) is 11.6 Å². The maximum Gasteiger partial charge on any atom is 0.303 e. The van der Waals surface area contributed by atoms with Crippen LogP contribution in [0.4, 0.5) is 0 Å². The number of rotatable bonds is 14. The monoisotopic (exact) mass is 822 g/mol. The third kappa shape index (κ3) is 10.6.